The number of aliphatic carboxylic acids is 1. The number of para-hydroxylation sites is 1. The van der Waals surface area contributed by atoms with Gasteiger partial charge in [-0.05, 0) is 12.1 Å². The first-order chi connectivity index (χ1) is 10.6. The summed E-state index contributed by atoms with van der Waals surface area (Å²) in [4.78, 5) is 28.2. The molecule has 1 fully saturated rings. The number of hydrogen-bond donors (Lipinski definition) is 2. The maximum absolute atomic E-state index is 12.5. The lowest BCUT2D eigenvalue weighted by atomic mass is 9.82. The number of anilines is 1. The van der Waals surface area contributed by atoms with Gasteiger partial charge in [0.1, 0.15) is 5.92 Å². The minimum atomic E-state index is -1.01. The summed E-state index contributed by atoms with van der Waals surface area (Å²) in [5.74, 6) is -2.94. The Hall–Kier alpha value is -2.25. The number of amides is 1. The standard InChI is InChI=1S/C15H12N2O4S/c18-13(11-8-5-6-9(21-8)12(11)14(19)20)17-15-16-7-3-1-2-4-10(7)22-15/h1-6,8-9,11-12H,(H,19,20)(H,16,17,18)/t8-,9-,11+,12-/m0/s1. The third kappa shape index (κ3) is 2.01. The maximum atomic E-state index is 12.5. The number of carboxylic acids is 1. The molecule has 6 nitrogen and oxygen atoms in total. The van der Waals surface area contributed by atoms with Gasteiger partial charge in [-0.25, -0.2) is 4.98 Å². The number of nitrogens with one attached hydrogen (secondary N) is 1. The molecule has 0 aliphatic carbocycles. The van der Waals surface area contributed by atoms with E-state index in [4.69, 9.17) is 4.74 Å². The molecule has 2 aromatic rings. The molecule has 2 N–H and O–H groups in total. The van der Waals surface area contributed by atoms with Crippen LogP contribution in [0.4, 0.5) is 5.13 Å². The average Bonchev–Trinajstić information content (AvgIpc) is 3.19. The van der Waals surface area contributed by atoms with Gasteiger partial charge in [0, 0.05) is 0 Å². The highest BCUT2D eigenvalue weighted by Gasteiger charge is 2.53. The Balaban J connectivity index is 1.59. The largest absolute Gasteiger partial charge is 0.481 e. The van der Waals surface area contributed by atoms with E-state index in [2.05, 4.69) is 10.3 Å². The molecule has 0 unspecified atom stereocenters. The van der Waals surface area contributed by atoms with Gasteiger partial charge in [-0.2, -0.15) is 0 Å². The summed E-state index contributed by atoms with van der Waals surface area (Å²) < 4.78 is 6.48. The van der Waals surface area contributed by atoms with Gasteiger partial charge < -0.3 is 15.2 Å². The van der Waals surface area contributed by atoms with Crippen LogP contribution in [0.3, 0.4) is 0 Å². The summed E-state index contributed by atoms with van der Waals surface area (Å²) in [6.07, 6.45) is 2.48. The van der Waals surface area contributed by atoms with Crippen molar-refractivity contribution in [2.45, 2.75) is 12.2 Å². The zero-order chi connectivity index (χ0) is 15.3. The molecule has 1 aromatic carbocycles. The normalized spacial score (nSPS) is 29.1. The van der Waals surface area contributed by atoms with Crippen molar-refractivity contribution >= 4 is 38.6 Å². The number of benzene rings is 1. The summed E-state index contributed by atoms with van der Waals surface area (Å²) in [6.45, 7) is 0. The van der Waals surface area contributed by atoms with Gasteiger partial charge in [0.15, 0.2) is 5.13 Å². The molecule has 1 amide bonds. The highest BCUT2D eigenvalue weighted by molar-refractivity contribution is 7.22. The van der Waals surface area contributed by atoms with Gasteiger partial charge >= 0.3 is 5.97 Å². The van der Waals surface area contributed by atoms with Crippen molar-refractivity contribution in [2.24, 2.45) is 11.8 Å². The molecule has 2 bridgehead atoms. The van der Waals surface area contributed by atoms with E-state index in [1.54, 1.807) is 12.2 Å². The molecular formula is C15H12N2O4S. The summed E-state index contributed by atoms with van der Waals surface area (Å²) >= 11 is 1.36. The Bertz CT molecular complexity index is 767. The minimum Gasteiger partial charge on any atom is -0.481 e. The van der Waals surface area contributed by atoms with Crippen LogP contribution in [0.1, 0.15) is 0 Å². The van der Waals surface area contributed by atoms with Crippen LogP contribution in [-0.4, -0.2) is 34.2 Å². The van der Waals surface area contributed by atoms with E-state index < -0.39 is 30.0 Å². The highest BCUT2D eigenvalue weighted by Crippen LogP contribution is 2.40. The van der Waals surface area contributed by atoms with Gasteiger partial charge in [0.05, 0.1) is 28.3 Å². The molecule has 112 valence electrons. The van der Waals surface area contributed by atoms with Crippen molar-refractivity contribution in [2.75, 3.05) is 5.32 Å². The van der Waals surface area contributed by atoms with E-state index in [1.165, 1.54) is 11.3 Å². The lowest BCUT2D eigenvalue weighted by Crippen LogP contribution is -2.39. The Morgan fingerprint density at radius 1 is 1.18 bits per heavy atom. The number of aromatic nitrogens is 1. The second-order valence-electron chi connectivity index (χ2n) is 5.32. The first-order valence-corrected chi connectivity index (χ1v) is 7.68. The van der Waals surface area contributed by atoms with Crippen molar-refractivity contribution in [3.8, 4) is 0 Å². The smallest absolute Gasteiger partial charge is 0.310 e. The monoisotopic (exact) mass is 316 g/mol. The number of nitrogens with zero attached hydrogens (tertiary/aromatic N) is 1. The van der Waals surface area contributed by atoms with Crippen LogP contribution in [0.5, 0.6) is 0 Å². The highest BCUT2D eigenvalue weighted by atomic mass is 32.1. The third-order valence-electron chi connectivity index (χ3n) is 4.01. The van der Waals surface area contributed by atoms with Gasteiger partial charge in [-0.15, -0.1) is 0 Å². The van der Waals surface area contributed by atoms with Gasteiger partial charge in [0.25, 0.3) is 0 Å². The predicted molar refractivity (Wildman–Crippen MR) is 80.7 cm³/mol. The first kappa shape index (κ1) is 13.4. The van der Waals surface area contributed by atoms with Crippen molar-refractivity contribution in [3.63, 3.8) is 0 Å². The summed E-state index contributed by atoms with van der Waals surface area (Å²) in [5.41, 5.74) is 0.807. The van der Waals surface area contributed by atoms with E-state index in [0.29, 0.717) is 5.13 Å². The Morgan fingerprint density at radius 2 is 1.91 bits per heavy atom. The molecule has 2 aliphatic heterocycles. The van der Waals surface area contributed by atoms with Gasteiger partial charge in [-0.3, -0.25) is 9.59 Å². The van der Waals surface area contributed by atoms with Crippen LogP contribution in [0, 0.1) is 11.8 Å². The van der Waals surface area contributed by atoms with E-state index in [-0.39, 0.29) is 5.91 Å². The molecule has 0 radical (unpaired) electrons. The Morgan fingerprint density at radius 3 is 2.64 bits per heavy atom. The lowest BCUT2D eigenvalue weighted by molar-refractivity contribution is -0.145. The minimum absolute atomic E-state index is 0.358. The number of carboxylic acid groups (broad SMARTS) is 1. The topological polar surface area (TPSA) is 88.5 Å². The third-order valence-corrected chi connectivity index (χ3v) is 4.96. The number of carbonyl (C=O) groups is 2. The quantitative estimate of drug-likeness (QED) is 0.844. The van der Waals surface area contributed by atoms with Crippen molar-refractivity contribution in [1.29, 1.82) is 0 Å². The first-order valence-electron chi connectivity index (χ1n) is 6.86. The fourth-order valence-electron chi connectivity index (χ4n) is 3.03. The maximum Gasteiger partial charge on any atom is 0.310 e. The molecule has 0 saturated carbocycles. The van der Waals surface area contributed by atoms with Crippen molar-refractivity contribution in [3.05, 3.63) is 36.4 Å². The van der Waals surface area contributed by atoms with E-state index in [0.717, 1.165) is 10.2 Å². The van der Waals surface area contributed by atoms with Crippen LogP contribution < -0.4 is 5.32 Å². The zero-order valence-corrected chi connectivity index (χ0v) is 12.1. The van der Waals surface area contributed by atoms with E-state index in [1.807, 2.05) is 24.3 Å². The van der Waals surface area contributed by atoms with Crippen LogP contribution in [0.25, 0.3) is 10.2 Å². The molecular weight excluding hydrogens is 304 g/mol. The summed E-state index contributed by atoms with van der Waals surface area (Å²) in [7, 11) is 0. The molecule has 1 aromatic heterocycles. The van der Waals surface area contributed by atoms with Crippen LogP contribution >= 0.6 is 11.3 Å². The van der Waals surface area contributed by atoms with E-state index in [9.17, 15) is 14.7 Å². The average molecular weight is 316 g/mol. The van der Waals surface area contributed by atoms with Crippen molar-refractivity contribution in [1.82, 2.24) is 4.98 Å². The molecule has 0 spiro atoms. The van der Waals surface area contributed by atoms with Crippen LogP contribution in [0.15, 0.2) is 36.4 Å². The zero-order valence-electron chi connectivity index (χ0n) is 11.3. The second-order valence-corrected chi connectivity index (χ2v) is 6.35. The lowest BCUT2D eigenvalue weighted by Gasteiger charge is -2.20. The van der Waals surface area contributed by atoms with Crippen molar-refractivity contribution < 1.29 is 19.4 Å². The number of fused-ring (bicyclic) bond motifs is 3. The predicted octanol–water partition coefficient (Wildman–Crippen LogP) is 1.89. The number of hydrogen-bond acceptors (Lipinski definition) is 5. The molecule has 2 aliphatic rings. The molecule has 22 heavy (non-hydrogen) atoms. The molecule has 1 saturated heterocycles. The van der Waals surface area contributed by atoms with Crippen LogP contribution in [0.2, 0.25) is 0 Å². The summed E-state index contributed by atoms with van der Waals surface area (Å²) in [6, 6.07) is 7.57. The number of ether oxygens (including phenoxy) is 1. The summed E-state index contributed by atoms with van der Waals surface area (Å²) in [5, 5.41) is 12.5. The van der Waals surface area contributed by atoms with Gasteiger partial charge in [0.2, 0.25) is 5.91 Å². The Kier molecular flexibility index (Phi) is 2.98. The molecule has 3 heterocycles. The molecule has 4 atom stereocenters. The second kappa shape index (κ2) is 4.89. The Labute approximate surface area is 129 Å². The SMILES string of the molecule is O=C(O)[C@@H]1[C@H](C(=O)Nc2nc3ccccc3s2)[C@@H]2C=C[C@@H]1O2. The molecule has 4 rings (SSSR count). The number of rotatable bonds is 3. The van der Waals surface area contributed by atoms with Gasteiger partial charge in [-0.1, -0.05) is 35.6 Å². The van der Waals surface area contributed by atoms with E-state index >= 15 is 0 Å². The fourth-order valence-corrected chi connectivity index (χ4v) is 3.90. The number of thiazole rings is 1. The fraction of sp³-hybridized carbons (Fsp3) is 0.267. The van der Waals surface area contributed by atoms with Crippen LogP contribution in [-0.2, 0) is 14.3 Å². The molecule has 7 heteroatoms. The number of carbonyl (C=O) groups excluding carboxylic acids is 1.